The molecule has 128 valence electrons. The molecule has 0 unspecified atom stereocenters. The molecule has 0 saturated carbocycles. The summed E-state index contributed by atoms with van der Waals surface area (Å²) in [6.07, 6.45) is 3.44. The van der Waals surface area contributed by atoms with E-state index in [0.717, 1.165) is 5.56 Å². The number of aromatic nitrogens is 2. The fraction of sp³-hybridized carbons (Fsp3) is 0.158. The smallest absolute Gasteiger partial charge is 0.258 e. The zero-order valence-corrected chi connectivity index (χ0v) is 13.7. The van der Waals surface area contributed by atoms with Crippen molar-refractivity contribution in [2.45, 2.75) is 6.04 Å². The summed E-state index contributed by atoms with van der Waals surface area (Å²) < 4.78 is 20.5. The lowest BCUT2D eigenvalue weighted by atomic mass is 10.1. The number of carbonyl (C=O) groups is 1. The van der Waals surface area contributed by atoms with Gasteiger partial charge in [0.2, 0.25) is 0 Å². The lowest BCUT2D eigenvalue weighted by Gasteiger charge is -2.19. The standard InChI is InChI=1S/C19H18FN3O2/c1-23-12-11-21-19(23)18(14-7-9-15(20)10-8-14)22-17(24)13-25-16-5-3-2-4-6-16/h2-12,18H,13H2,1H3,(H,22,24)/t18-/m1/s1. The van der Waals surface area contributed by atoms with Crippen LogP contribution in [0.1, 0.15) is 17.4 Å². The van der Waals surface area contributed by atoms with Crippen LogP contribution in [0.25, 0.3) is 0 Å². The molecule has 0 fully saturated rings. The van der Waals surface area contributed by atoms with E-state index in [1.165, 1.54) is 12.1 Å². The van der Waals surface area contributed by atoms with Crippen LogP contribution in [0, 0.1) is 5.82 Å². The number of hydrogen-bond acceptors (Lipinski definition) is 3. The van der Waals surface area contributed by atoms with Gasteiger partial charge in [0.15, 0.2) is 6.61 Å². The van der Waals surface area contributed by atoms with Crippen molar-refractivity contribution in [3.8, 4) is 5.75 Å². The van der Waals surface area contributed by atoms with Gasteiger partial charge in [-0.05, 0) is 29.8 Å². The predicted octanol–water partition coefficient (Wildman–Crippen LogP) is 2.84. The largest absolute Gasteiger partial charge is 0.484 e. The van der Waals surface area contributed by atoms with Crippen molar-refractivity contribution in [1.82, 2.24) is 14.9 Å². The third kappa shape index (κ3) is 4.23. The lowest BCUT2D eigenvalue weighted by Crippen LogP contribution is -2.34. The minimum atomic E-state index is -0.493. The summed E-state index contributed by atoms with van der Waals surface area (Å²) in [7, 11) is 1.84. The van der Waals surface area contributed by atoms with Crippen LogP contribution in [0.5, 0.6) is 5.75 Å². The van der Waals surface area contributed by atoms with Gasteiger partial charge in [-0.1, -0.05) is 30.3 Å². The Labute approximate surface area is 145 Å². The van der Waals surface area contributed by atoms with Crippen LogP contribution >= 0.6 is 0 Å². The predicted molar refractivity (Wildman–Crippen MR) is 91.5 cm³/mol. The van der Waals surface area contributed by atoms with E-state index in [-0.39, 0.29) is 18.3 Å². The highest BCUT2D eigenvalue weighted by Crippen LogP contribution is 2.21. The summed E-state index contributed by atoms with van der Waals surface area (Å²) in [6, 6.07) is 14.6. The number of benzene rings is 2. The fourth-order valence-electron chi connectivity index (χ4n) is 2.48. The third-order valence-corrected chi connectivity index (χ3v) is 3.74. The first-order valence-electron chi connectivity index (χ1n) is 7.83. The SMILES string of the molecule is Cn1ccnc1[C@H](NC(=O)COc1ccccc1)c1ccc(F)cc1. The van der Waals surface area contributed by atoms with Gasteiger partial charge in [-0.3, -0.25) is 4.79 Å². The zero-order chi connectivity index (χ0) is 17.6. The highest BCUT2D eigenvalue weighted by atomic mass is 19.1. The Morgan fingerprint density at radius 3 is 2.56 bits per heavy atom. The maximum atomic E-state index is 13.2. The molecule has 3 aromatic rings. The van der Waals surface area contributed by atoms with E-state index < -0.39 is 6.04 Å². The summed E-state index contributed by atoms with van der Waals surface area (Å²) in [5, 5.41) is 2.90. The van der Waals surface area contributed by atoms with Gasteiger partial charge in [-0.2, -0.15) is 0 Å². The number of ether oxygens (including phenoxy) is 1. The van der Waals surface area contributed by atoms with Crippen molar-refractivity contribution < 1.29 is 13.9 Å². The first-order valence-corrected chi connectivity index (χ1v) is 7.83. The molecule has 1 N–H and O–H groups in total. The molecule has 1 atom stereocenters. The van der Waals surface area contributed by atoms with E-state index in [0.29, 0.717) is 11.6 Å². The molecule has 2 aromatic carbocycles. The van der Waals surface area contributed by atoms with Crippen LogP contribution in [0.3, 0.4) is 0 Å². The Hall–Kier alpha value is -3.15. The van der Waals surface area contributed by atoms with Gasteiger partial charge in [0, 0.05) is 19.4 Å². The number of carbonyl (C=O) groups excluding carboxylic acids is 1. The maximum absolute atomic E-state index is 13.2. The first kappa shape index (κ1) is 16.7. The number of hydrogen-bond donors (Lipinski definition) is 1. The van der Waals surface area contributed by atoms with E-state index in [4.69, 9.17) is 4.74 Å². The van der Waals surface area contributed by atoms with Crippen molar-refractivity contribution in [3.05, 3.63) is 84.2 Å². The highest BCUT2D eigenvalue weighted by molar-refractivity contribution is 5.78. The minimum Gasteiger partial charge on any atom is -0.484 e. The van der Waals surface area contributed by atoms with Gasteiger partial charge in [0.05, 0.1) is 0 Å². The molecule has 0 saturated heterocycles. The maximum Gasteiger partial charge on any atom is 0.258 e. The molecule has 0 aliphatic rings. The Bertz CT molecular complexity index is 831. The number of halogens is 1. The normalized spacial score (nSPS) is 11.8. The summed E-state index contributed by atoms with van der Waals surface area (Å²) in [6.45, 7) is -0.119. The summed E-state index contributed by atoms with van der Waals surface area (Å²) in [5.41, 5.74) is 0.740. The Morgan fingerprint density at radius 1 is 1.20 bits per heavy atom. The molecule has 1 amide bonds. The Morgan fingerprint density at radius 2 is 1.92 bits per heavy atom. The molecule has 0 aliphatic carbocycles. The van der Waals surface area contributed by atoms with Gasteiger partial charge in [-0.25, -0.2) is 9.37 Å². The summed E-state index contributed by atoms with van der Waals surface area (Å²) >= 11 is 0. The monoisotopic (exact) mass is 339 g/mol. The van der Waals surface area contributed by atoms with E-state index in [1.54, 1.807) is 36.7 Å². The van der Waals surface area contributed by atoms with Gasteiger partial charge in [-0.15, -0.1) is 0 Å². The summed E-state index contributed by atoms with van der Waals surface area (Å²) in [5.74, 6) is 0.648. The Balaban J connectivity index is 1.74. The molecule has 5 nitrogen and oxygen atoms in total. The van der Waals surface area contributed by atoms with Crippen LogP contribution in [0.15, 0.2) is 67.0 Å². The second-order valence-electron chi connectivity index (χ2n) is 5.55. The molecule has 0 radical (unpaired) electrons. The molecule has 1 aromatic heterocycles. The van der Waals surface area contributed by atoms with Crippen molar-refractivity contribution >= 4 is 5.91 Å². The number of para-hydroxylation sites is 1. The number of nitrogens with one attached hydrogen (secondary N) is 1. The third-order valence-electron chi connectivity index (χ3n) is 3.74. The molecule has 3 rings (SSSR count). The number of amides is 1. The average molecular weight is 339 g/mol. The van der Waals surface area contributed by atoms with Gasteiger partial charge in [0.25, 0.3) is 5.91 Å². The second-order valence-corrected chi connectivity index (χ2v) is 5.55. The average Bonchev–Trinajstić information content (AvgIpc) is 3.05. The number of imidazole rings is 1. The zero-order valence-electron chi connectivity index (χ0n) is 13.7. The molecule has 0 bridgehead atoms. The van der Waals surface area contributed by atoms with E-state index >= 15 is 0 Å². The minimum absolute atomic E-state index is 0.119. The molecule has 25 heavy (non-hydrogen) atoms. The van der Waals surface area contributed by atoms with Gasteiger partial charge in [0.1, 0.15) is 23.4 Å². The molecule has 0 spiro atoms. The topological polar surface area (TPSA) is 56.2 Å². The fourth-order valence-corrected chi connectivity index (χ4v) is 2.48. The van der Waals surface area contributed by atoms with Crippen LogP contribution < -0.4 is 10.1 Å². The second kappa shape index (κ2) is 7.61. The van der Waals surface area contributed by atoms with Crippen LogP contribution in [0.2, 0.25) is 0 Å². The molecular formula is C19H18FN3O2. The highest BCUT2D eigenvalue weighted by Gasteiger charge is 2.21. The van der Waals surface area contributed by atoms with Gasteiger partial charge < -0.3 is 14.6 Å². The van der Waals surface area contributed by atoms with Crippen LogP contribution in [0.4, 0.5) is 4.39 Å². The molecule has 6 heteroatoms. The summed E-state index contributed by atoms with van der Waals surface area (Å²) in [4.78, 5) is 16.6. The van der Waals surface area contributed by atoms with Crippen molar-refractivity contribution in [2.24, 2.45) is 7.05 Å². The first-order chi connectivity index (χ1) is 12.1. The number of nitrogens with zero attached hydrogens (tertiary/aromatic N) is 2. The molecule has 0 aliphatic heterocycles. The number of rotatable bonds is 6. The van der Waals surface area contributed by atoms with Crippen molar-refractivity contribution in [1.29, 1.82) is 0 Å². The van der Waals surface area contributed by atoms with E-state index in [1.807, 2.05) is 29.8 Å². The van der Waals surface area contributed by atoms with E-state index in [2.05, 4.69) is 10.3 Å². The lowest BCUT2D eigenvalue weighted by molar-refractivity contribution is -0.123. The van der Waals surface area contributed by atoms with Gasteiger partial charge >= 0.3 is 0 Å². The van der Waals surface area contributed by atoms with Crippen LogP contribution in [-0.4, -0.2) is 22.1 Å². The van der Waals surface area contributed by atoms with Crippen LogP contribution in [-0.2, 0) is 11.8 Å². The quantitative estimate of drug-likeness (QED) is 0.751. The molecule has 1 heterocycles. The van der Waals surface area contributed by atoms with E-state index in [9.17, 15) is 9.18 Å². The van der Waals surface area contributed by atoms with Crippen molar-refractivity contribution in [3.63, 3.8) is 0 Å². The number of aryl methyl sites for hydroxylation is 1. The molecular weight excluding hydrogens is 321 g/mol. The Kier molecular flexibility index (Phi) is 5.09. The van der Waals surface area contributed by atoms with Crippen molar-refractivity contribution in [2.75, 3.05) is 6.61 Å².